The molecule has 0 saturated carbocycles. The highest BCUT2D eigenvalue weighted by Crippen LogP contribution is 2.24. The number of rotatable bonds is 6. The maximum atomic E-state index is 12.1. The Hall–Kier alpha value is -2.53. The molecule has 0 spiro atoms. The molecule has 1 N–H and O–H groups in total. The molecular formula is C21H15Cl3N2O2. The van der Waals surface area contributed by atoms with Crippen LogP contribution in [0.3, 0.4) is 0 Å². The van der Waals surface area contributed by atoms with Crippen molar-refractivity contribution in [3.8, 4) is 5.75 Å². The largest absolute Gasteiger partial charge is 0.488 e. The van der Waals surface area contributed by atoms with E-state index in [1.54, 1.807) is 36.4 Å². The van der Waals surface area contributed by atoms with Crippen molar-refractivity contribution in [1.82, 2.24) is 5.43 Å². The lowest BCUT2D eigenvalue weighted by Gasteiger charge is -2.09. The second-order valence-corrected chi connectivity index (χ2v) is 7.03. The van der Waals surface area contributed by atoms with E-state index in [0.29, 0.717) is 33.0 Å². The molecule has 3 rings (SSSR count). The van der Waals surface area contributed by atoms with Gasteiger partial charge in [0.1, 0.15) is 12.4 Å². The number of hydrogen-bond acceptors (Lipinski definition) is 3. The summed E-state index contributed by atoms with van der Waals surface area (Å²) in [5.41, 5.74) is 4.55. The van der Waals surface area contributed by atoms with Crippen LogP contribution < -0.4 is 10.2 Å². The number of halogens is 3. The van der Waals surface area contributed by atoms with Crippen LogP contribution >= 0.6 is 34.8 Å². The van der Waals surface area contributed by atoms with E-state index in [9.17, 15) is 4.79 Å². The fraction of sp³-hybridized carbons (Fsp3) is 0.0476. The van der Waals surface area contributed by atoms with E-state index in [4.69, 9.17) is 39.5 Å². The van der Waals surface area contributed by atoms with Crippen LogP contribution in [0.4, 0.5) is 0 Å². The van der Waals surface area contributed by atoms with Gasteiger partial charge in [-0.15, -0.1) is 0 Å². The van der Waals surface area contributed by atoms with Crippen LogP contribution in [0, 0.1) is 0 Å². The van der Waals surface area contributed by atoms with Gasteiger partial charge in [-0.3, -0.25) is 4.79 Å². The summed E-state index contributed by atoms with van der Waals surface area (Å²) >= 11 is 17.8. The predicted octanol–water partition coefficient (Wildman–Crippen LogP) is 5.99. The summed E-state index contributed by atoms with van der Waals surface area (Å²) in [6.45, 7) is 0.318. The first kappa shape index (κ1) is 20.2. The number of ether oxygens (including phenoxy) is 1. The zero-order valence-corrected chi connectivity index (χ0v) is 16.8. The Morgan fingerprint density at radius 1 is 0.964 bits per heavy atom. The number of nitrogens with one attached hydrogen (secondary N) is 1. The molecule has 3 aromatic carbocycles. The van der Waals surface area contributed by atoms with Crippen molar-refractivity contribution < 1.29 is 9.53 Å². The minimum atomic E-state index is -0.331. The van der Waals surface area contributed by atoms with Crippen molar-refractivity contribution in [2.45, 2.75) is 6.61 Å². The lowest BCUT2D eigenvalue weighted by atomic mass is 10.2. The fourth-order valence-electron chi connectivity index (χ4n) is 2.34. The van der Waals surface area contributed by atoms with Crippen molar-refractivity contribution >= 4 is 46.9 Å². The number of para-hydroxylation sites is 1. The summed E-state index contributed by atoms with van der Waals surface area (Å²) < 4.78 is 5.85. The highest BCUT2D eigenvalue weighted by Gasteiger charge is 2.05. The van der Waals surface area contributed by atoms with Crippen LogP contribution in [0.1, 0.15) is 21.5 Å². The lowest BCUT2D eigenvalue weighted by molar-refractivity contribution is 0.0955. The Balaban J connectivity index is 1.64. The molecule has 0 atom stereocenters. The van der Waals surface area contributed by atoms with E-state index in [0.717, 1.165) is 11.1 Å². The van der Waals surface area contributed by atoms with Crippen molar-refractivity contribution in [3.63, 3.8) is 0 Å². The molecule has 0 radical (unpaired) electrons. The lowest BCUT2D eigenvalue weighted by Crippen LogP contribution is -2.17. The topological polar surface area (TPSA) is 50.7 Å². The average molecular weight is 434 g/mol. The molecule has 1 amide bonds. The summed E-state index contributed by atoms with van der Waals surface area (Å²) in [7, 11) is 0. The third-order valence-electron chi connectivity index (χ3n) is 3.77. The van der Waals surface area contributed by atoms with Gasteiger partial charge >= 0.3 is 0 Å². The van der Waals surface area contributed by atoms with Crippen molar-refractivity contribution in [3.05, 3.63) is 98.5 Å². The van der Waals surface area contributed by atoms with E-state index in [-0.39, 0.29) is 5.91 Å². The van der Waals surface area contributed by atoms with E-state index < -0.39 is 0 Å². The summed E-state index contributed by atoms with van der Waals surface area (Å²) in [4.78, 5) is 12.1. The van der Waals surface area contributed by atoms with Gasteiger partial charge in [0, 0.05) is 16.1 Å². The Morgan fingerprint density at radius 3 is 2.46 bits per heavy atom. The number of amides is 1. The van der Waals surface area contributed by atoms with Crippen LogP contribution in [-0.2, 0) is 6.61 Å². The van der Waals surface area contributed by atoms with Gasteiger partial charge in [-0.25, -0.2) is 5.43 Å². The second-order valence-electron chi connectivity index (χ2n) is 5.78. The summed E-state index contributed by atoms with van der Waals surface area (Å²) in [5, 5.41) is 5.54. The Labute approximate surface area is 177 Å². The molecule has 4 nitrogen and oxygen atoms in total. The Morgan fingerprint density at radius 2 is 1.71 bits per heavy atom. The van der Waals surface area contributed by atoms with Crippen LogP contribution in [0.2, 0.25) is 15.1 Å². The second kappa shape index (κ2) is 9.60. The Kier molecular flexibility index (Phi) is 6.93. The number of hydrazone groups is 1. The molecular weight excluding hydrogens is 419 g/mol. The van der Waals surface area contributed by atoms with E-state index in [2.05, 4.69) is 10.5 Å². The first-order valence-corrected chi connectivity index (χ1v) is 9.41. The summed E-state index contributed by atoms with van der Waals surface area (Å²) in [6.07, 6.45) is 1.53. The van der Waals surface area contributed by atoms with Crippen LogP contribution in [0.5, 0.6) is 5.75 Å². The van der Waals surface area contributed by atoms with Gasteiger partial charge in [0.15, 0.2) is 0 Å². The van der Waals surface area contributed by atoms with Gasteiger partial charge in [0.25, 0.3) is 5.91 Å². The summed E-state index contributed by atoms with van der Waals surface area (Å²) in [6, 6.07) is 19.2. The van der Waals surface area contributed by atoms with Gasteiger partial charge in [-0.05, 0) is 54.1 Å². The standard InChI is InChI=1S/C21H15Cl3N2O2/c22-17-8-6-15(7-9-17)21(27)26-25-12-16-3-1-2-4-20(16)28-13-14-5-10-18(23)19(24)11-14/h1-12H,13H2,(H,26,27)/b25-12-. The van der Waals surface area contributed by atoms with Gasteiger partial charge in [0.05, 0.1) is 16.3 Å². The first-order chi connectivity index (χ1) is 13.5. The van der Waals surface area contributed by atoms with Crippen LogP contribution in [0.15, 0.2) is 71.8 Å². The van der Waals surface area contributed by atoms with Gasteiger partial charge in [0.2, 0.25) is 0 Å². The smallest absolute Gasteiger partial charge is 0.271 e. The van der Waals surface area contributed by atoms with Crippen molar-refractivity contribution in [2.24, 2.45) is 5.10 Å². The molecule has 0 aromatic heterocycles. The fourth-order valence-corrected chi connectivity index (χ4v) is 2.78. The maximum Gasteiger partial charge on any atom is 0.271 e. The van der Waals surface area contributed by atoms with Crippen LogP contribution in [0.25, 0.3) is 0 Å². The molecule has 3 aromatic rings. The normalized spacial score (nSPS) is 10.8. The molecule has 0 aliphatic carbocycles. The number of hydrogen-bond donors (Lipinski definition) is 1. The molecule has 0 aliphatic rings. The molecule has 142 valence electrons. The predicted molar refractivity (Wildman–Crippen MR) is 114 cm³/mol. The first-order valence-electron chi connectivity index (χ1n) is 8.27. The number of nitrogens with zero attached hydrogens (tertiary/aromatic N) is 1. The monoisotopic (exact) mass is 432 g/mol. The van der Waals surface area contributed by atoms with E-state index >= 15 is 0 Å². The number of carbonyl (C=O) groups excluding carboxylic acids is 1. The molecule has 0 unspecified atom stereocenters. The zero-order chi connectivity index (χ0) is 19.9. The number of benzene rings is 3. The SMILES string of the molecule is O=C(N/N=C\c1ccccc1OCc1ccc(Cl)c(Cl)c1)c1ccc(Cl)cc1. The minimum absolute atomic E-state index is 0.318. The molecule has 0 heterocycles. The maximum absolute atomic E-state index is 12.1. The average Bonchev–Trinajstić information content (AvgIpc) is 2.70. The van der Waals surface area contributed by atoms with Crippen molar-refractivity contribution in [1.29, 1.82) is 0 Å². The quantitative estimate of drug-likeness (QED) is 0.383. The molecule has 0 saturated heterocycles. The van der Waals surface area contributed by atoms with Gasteiger partial charge in [-0.2, -0.15) is 5.10 Å². The third-order valence-corrected chi connectivity index (χ3v) is 4.76. The number of carbonyl (C=O) groups is 1. The van der Waals surface area contributed by atoms with Gasteiger partial charge in [-0.1, -0.05) is 53.0 Å². The van der Waals surface area contributed by atoms with Gasteiger partial charge < -0.3 is 4.74 Å². The zero-order valence-electron chi connectivity index (χ0n) is 14.5. The highest BCUT2D eigenvalue weighted by atomic mass is 35.5. The Bertz CT molecular complexity index is 1000. The van der Waals surface area contributed by atoms with E-state index in [1.807, 2.05) is 30.3 Å². The minimum Gasteiger partial charge on any atom is -0.488 e. The molecule has 0 aliphatic heterocycles. The molecule has 28 heavy (non-hydrogen) atoms. The molecule has 0 fully saturated rings. The molecule has 0 bridgehead atoms. The van der Waals surface area contributed by atoms with Crippen LogP contribution in [-0.4, -0.2) is 12.1 Å². The highest BCUT2D eigenvalue weighted by molar-refractivity contribution is 6.42. The third kappa shape index (κ3) is 5.49. The molecule has 7 heteroatoms. The van der Waals surface area contributed by atoms with E-state index in [1.165, 1.54) is 6.21 Å². The summed E-state index contributed by atoms with van der Waals surface area (Å²) in [5.74, 6) is 0.292. The van der Waals surface area contributed by atoms with Crippen molar-refractivity contribution in [2.75, 3.05) is 0 Å².